The van der Waals surface area contributed by atoms with Crippen molar-refractivity contribution in [3.63, 3.8) is 0 Å². The van der Waals surface area contributed by atoms with Crippen LogP contribution in [0.3, 0.4) is 0 Å². The molecule has 5 nitrogen and oxygen atoms in total. The molecule has 0 saturated heterocycles. The van der Waals surface area contributed by atoms with Crippen molar-refractivity contribution < 1.29 is 18.3 Å². The molecule has 0 heterocycles. The summed E-state index contributed by atoms with van der Waals surface area (Å²) in [4.78, 5) is 0.208. The molecular formula is C19H25NO4S. The van der Waals surface area contributed by atoms with Crippen LogP contribution in [-0.2, 0) is 10.0 Å². The Labute approximate surface area is 149 Å². The number of benzene rings is 2. The highest BCUT2D eigenvalue weighted by Gasteiger charge is 2.18. The minimum absolute atomic E-state index is 0.156. The summed E-state index contributed by atoms with van der Waals surface area (Å²) in [6.45, 7) is 6.24. The smallest absolute Gasteiger partial charge is 0.240 e. The van der Waals surface area contributed by atoms with Crippen molar-refractivity contribution in [2.75, 3.05) is 13.2 Å². The highest BCUT2D eigenvalue weighted by molar-refractivity contribution is 7.89. The van der Waals surface area contributed by atoms with E-state index in [9.17, 15) is 13.5 Å². The minimum Gasteiger partial charge on any atom is -0.493 e. The second-order valence-electron chi connectivity index (χ2n) is 5.93. The summed E-state index contributed by atoms with van der Waals surface area (Å²) in [6, 6.07) is 12.4. The molecule has 0 amide bonds. The standard InChI is InChI=1S/C19H25NO4S/c1-4-24-19-14(2)12-17(13-15(19)3)25(22,23)20-11-10-18(21)16-8-6-5-7-9-16/h5-9,12-13,18,20-21H,4,10-11H2,1-3H3. The monoisotopic (exact) mass is 363 g/mol. The highest BCUT2D eigenvalue weighted by atomic mass is 32.2. The molecule has 0 saturated carbocycles. The van der Waals surface area contributed by atoms with Gasteiger partial charge in [-0.25, -0.2) is 13.1 Å². The van der Waals surface area contributed by atoms with Crippen molar-refractivity contribution in [1.29, 1.82) is 0 Å². The first-order chi connectivity index (χ1) is 11.8. The molecule has 0 bridgehead atoms. The van der Waals surface area contributed by atoms with Gasteiger partial charge in [0.25, 0.3) is 0 Å². The molecule has 0 aromatic heterocycles. The zero-order valence-corrected chi connectivity index (χ0v) is 15.6. The van der Waals surface area contributed by atoms with Crippen LogP contribution in [-0.4, -0.2) is 26.7 Å². The van der Waals surface area contributed by atoms with Gasteiger partial charge < -0.3 is 9.84 Å². The maximum atomic E-state index is 12.5. The summed E-state index contributed by atoms with van der Waals surface area (Å²) in [6.07, 6.45) is -0.397. The third kappa shape index (κ3) is 5.04. The average Bonchev–Trinajstić information content (AvgIpc) is 2.58. The van der Waals surface area contributed by atoms with Gasteiger partial charge in [-0.1, -0.05) is 30.3 Å². The van der Waals surface area contributed by atoms with E-state index in [1.54, 1.807) is 12.1 Å². The minimum atomic E-state index is -3.63. The molecule has 0 aliphatic heterocycles. The highest BCUT2D eigenvalue weighted by Crippen LogP contribution is 2.27. The van der Waals surface area contributed by atoms with E-state index in [0.717, 1.165) is 22.4 Å². The normalized spacial score (nSPS) is 12.8. The van der Waals surface area contributed by atoms with Gasteiger partial charge in [0.15, 0.2) is 0 Å². The molecule has 0 aliphatic rings. The summed E-state index contributed by atoms with van der Waals surface area (Å²) in [7, 11) is -3.63. The molecule has 2 aromatic carbocycles. The third-order valence-electron chi connectivity index (χ3n) is 3.93. The van der Waals surface area contributed by atoms with Gasteiger partial charge >= 0.3 is 0 Å². The molecule has 0 spiro atoms. The van der Waals surface area contributed by atoms with E-state index in [4.69, 9.17) is 4.74 Å². The lowest BCUT2D eigenvalue weighted by Gasteiger charge is -2.15. The van der Waals surface area contributed by atoms with Crippen molar-refractivity contribution in [2.24, 2.45) is 0 Å². The predicted molar refractivity (Wildman–Crippen MR) is 98.3 cm³/mol. The molecule has 2 N–H and O–H groups in total. The van der Waals surface area contributed by atoms with Crippen LogP contribution in [0.1, 0.15) is 36.1 Å². The molecule has 2 rings (SSSR count). The second kappa shape index (κ2) is 8.47. The van der Waals surface area contributed by atoms with E-state index in [0.29, 0.717) is 13.0 Å². The van der Waals surface area contributed by atoms with Gasteiger partial charge in [0.2, 0.25) is 10.0 Å². The Bertz CT molecular complexity index is 780. The van der Waals surface area contributed by atoms with Crippen molar-refractivity contribution in [2.45, 2.75) is 38.2 Å². The number of hydrogen-bond donors (Lipinski definition) is 2. The number of ether oxygens (including phenoxy) is 1. The van der Waals surface area contributed by atoms with Crippen LogP contribution in [0.5, 0.6) is 5.75 Å². The van der Waals surface area contributed by atoms with Crippen LogP contribution < -0.4 is 9.46 Å². The first kappa shape index (κ1) is 19.4. The fraction of sp³-hybridized carbons (Fsp3) is 0.368. The Morgan fingerprint density at radius 3 is 2.28 bits per heavy atom. The molecule has 136 valence electrons. The van der Waals surface area contributed by atoms with Crippen LogP contribution in [0.15, 0.2) is 47.4 Å². The maximum Gasteiger partial charge on any atom is 0.240 e. The number of sulfonamides is 1. The summed E-state index contributed by atoms with van der Waals surface area (Å²) >= 11 is 0. The van der Waals surface area contributed by atoms with Crippen LogP contribution in [0.2, 0.25) is 0 Å². The number of aliphatic hydroxyl groups is 1. The van der Waals surface area contributed by atoms with Crippen LogP contribution in [0.25, 0.3) is 0 Å². The van der Waals surface area contributed by atoms with E-state index in [-0.39, 0.29) is 11.4 Å². The lowest BCUT2D eigenvalue weighted by atomic mass is 10.1. The van der Waals surface area contributed by atoms with Crippen LogP contribution >= 0.6 is 0 Å². The molecule has 0 radical (unpaired) electrons. The first-order valence-electron chi connectivity index (χ1n) is 8.32. The largest absolute Gasteiger partial charge is 0.493 e. The van der Waals surface area contributed by atoms with Crippen molar-refractivity contribution >= 4 is 10.0 Å². The van der Waals surface area contributed by atoms with Crippen molar-refractivity contribution in [1.82, 2.24) is 4.72 Å². The number of aryl methyl sites for hydroxylation is 2. The lowest BCUT2D eigenvalue weighted by Crippen LogP contribution is -2.26. The summed E-state index contributed by atoms with van der Waals surface area (Å²) in [5, 5.41) is 10.1. The van der Waals surface area contributed by atoms with Gasteiger partial charge in [0, 0.05) is 6.54 Å². The number of rotatable bonds is 8. The second-order valence-corrected chi connectivity index (χ2v) is 7.70. The van der Waals surface area contributed by atoms with Crippen molar-refractivity contribution in [3.8, 4) is 5.75 Å². The molecule has 0 aliphatic carbocycles. The van der Waals surface area contributed by atoms with Gasteiger partial charge in [-0.05, 0) is 56.0 Å². The Balaban J connectivity index is 2.04. The van der Waals surface area contributed by atoms with E-state index in [2.05, 4.69) is 4.72 Å². The van der Waals surface area contributed by atoms with Gasteiger partial charge in [-0.3, -0.25) is 0 Å². The Hall–Kier alpha value is -1.89. The molecule has 1 atom stereocenters. The van der Waals surface area contributed by atoms with Crippen LogP contribution in [0, 0.1) is 13.8 Å². The molecular weight excluding hydrogens is 338 g/mol. The average molecular weight is 363 g/mol. The first-order valence-corrected chi connectivity index (χ1v) is 9.80. The summed E-state index contributed by atoms with van der Waals surface area (Å²) < 4.78 is 33.1. The maximum absolute atomic E-state index is 12.5. The third-order valence-corrected chi connectivity index (χ3v) is 5.37. The van der Waals surface area contributed by atoms with E-state index in [1.807, 2.05) is 51.1 Å². The number of nitrogens with one attached hydrogen (secondary N) is 1. The quantitative estimate of drug-likeness (QED) is 0.756. The zero-order chi connectivity index (χ0) is 18.4. The molecule has 25 heavy (non-hydrogen) atoms. The molecule has 0 fully saturated rings. The molecule has 1 unspecified atom stereocenters. The van der Waals surface area contributed by atoms with E-state index >= 15 is 0 Å². The van der Waals surface area contributed by atoms with E-state index < -0.39 is 16.1 Å². The Kier molecular flexibility index (Phi) is 6.58. The molecule has 6 heteroatoms. The summed E-state index contributed by atoms with van der Waals surface area (Å²) in [5.41, 5.74) is 2.34. The lowest BCUT2D eigenvalue weighted by molar-refractivity contribution is 0.169. The van der Waals surface area contributed by atoms with Gasteiger partial charge in [-0.15, -0.1) is 0 Å². The SMILES string of the molecule is CCOc1c(C)cc(S(=O)(=O)NCCC(O)c2ccccc2)cc1C. The van der Waals surface area contributed by atoms with Gasteiger partial charge in [0.05, 0.1) is 17.6 Å². The fourth-order valence-electron chi connectivity index (χ4n) is 2.69. The predicted octanol–water partition coefficient (Wildman–Crippen LogP) is 3.10. The Morgan fingerprint density at radius 1 is 1.12 bits per heavy atom. The Morgan fingerprint density at radius 2 is 1.72 bits per heavy atom. The number of hydrogen-bond acceptors (Lipinski definition) is 4. The van der Waals surface area contributed by atoms with Gasteiger partial charge in [0.1, 0.15) is 5.75 Å². The number of aliphatic hydroxyl groups excluding tert-OH is 1. The van der Waals surface area contributed by atoms with Crippen molar-refractivity contribution in [3.05, 3.63) is 59.2 Å². The summed E-state index contributed by atoms with van der Waals surface area (Å²) in [5.74, 6) is 0.723. The fourth-order valence-corrected chi connectivity index (χ4v) is 3.91. The van der Waals surface area contributed by atoms with Crippen LogP contribution in [0.4, 0.5) is 0 Å². The zero-order valence-electron chi connectivity index (χ0n) is 14.8. The molecule has 2 aromatic rings. The van der Waals surface area contributed by atoms with E-state index in [1.165, 1.54) is 0 Å². The van der Waals surface area contributed by atoms with Gasteiger partial charge in [-0.2, -0.15) is 0 Å². The topological polar surface area (TPSA) is 75.6 Å².